The van der Waals surface area contributed by atoms with Gasteiger partial charge in [-0.3, -0.25) is 9.48 Å². The van der Waals surface area contributed by atoms with E-state index in [1.807, 2.05) is 35.3 Å². The summed E-state index contributed by atoms with van der Waals surface area (Å²) in [4.78, 5) is 15.6. The van der Waals surface area contributed by atoms with Crippen molar-refractivity contribution in [3.63, 3.8) is 0 Å². The molecule has 168 valence electrons. The maximum Gasteiger partial charge on any atom is 0.239 e. The van der Waals surface area contributed by atoms with Crippen molar-refractivity contribution in [2.75, 3.05) is 19.0 Å². The quantitative estimate of drug-likeness (QED) is 0.403. The number of rotatable bonds is 7. The highest BCUT2D eigenvalue weighted by Gasteiger charge is 2.20. The molecule has 1 fully saturated rings. The molecular formula is C25H26N6O2. The topological polar surface area (TPSA) is 108 Å². The lowest BCUT2D eigenvalue weighted by molar-refractivity contribution is -0.120. The van der Waals surface area contributed by atoms with Gasteiger partial charge in [0.25, 0.3) is 0 Å². The van der Waals surface area contributed by atoms with Crippen molar-refractivity contribution in [1.82, 2.24) is 20.1 Å². The van der Waals surface area contributed by atoms with E-state index in [0.29, 0.717) is 23.3 Å². The number of nitrogens with zero attached hydrogens (tertiary/aromatic N) is 3. The van der Waals surface area contributed by atoms with Crippen molar-refractivity contribution in [2.24, 2.45) is 0 Å². The third kappa shape index (κ3) is 3.87. The third-order valence-electron chi connectivity index (χ3n) is 6.39. The zero-order chi connectivity index (χ0) is 22.9. The van der Waals surface area contributed by atoms with Crippen molar-refractivity contribution in [3.05, 3.63) is 53.3 Å². The van der Waals surface area contributed by atoms with Gasteiger partial charge in [0.15, 0.2) is 0 Å². The Bertz CT molecular complexity index is 1390. The summed E-state index contributed by atoms with van der Waals surface area (Å²) in [5, 5.41) is 22.6. The van der Waals surface area contributed by atoms with E-state index in [1.54, 1.807) is 13.2 Å². The lowest BCUT2D eigenvalue weighted by Crippen LogP contribution is -2.42. The van der Waals surface area contributed by atoms with Crippen LogP contribution in [0.2, 0.25) is 0 Å². The van der Waals surface area contributed by atoms with E-state index in [1.165, 1.54) is 0 Å². The van der Waals surface area contributed by atoms with Crippen molar-refractivity contribution < 1.29 is 9.53 Å². The number of nitriles is 1. The van der Waals surface area contributed by atoms with Crippen molar-refractivity contribution in [2.45, 2.75) is 38.8 Å². The number of ether oxygens (including phenoxy) is 1. The van der Waals surface area contributed by atoms with E-state index in [2.05, 4.69) is 28.6 Å². The Labute approximate surface area is 191 Å². The van der Waals surface area contributed by atoms with E-state index < -0.39 is 0 Å². The van der Waals surface area contributed by atoms with Crippen LogP contribution in [0.25, 0.3) is 21.8 Å². The summed E-state index contributed by atoms with van der Waals surface area (Å²) in [6.07, 6.45) is 7.11. The molecule has 8 heteroatoms. The molecule has 0 atom stereocenters. The van der Waals surface area contributed by atoms with Crippen molar-refractivity contribution in [3.8, 4) is 11.8 Å². The Morgan fingerprint density at radius 2 is 2.21 bits per heavy atom. The Morgan fingerprint density at radius 1 is 1.36 bits per heavy atom. The molecule has 0 spiro atoms. The first-order valence-electron chi connectivity index (χ1n) is 11.1. The first kappa shape index (κ1) is 20.9. The number of aromatic nitrogens is 3. The summed E-state index contributed by atoms with van der Waals surface area (Å²) in [7, 11) is 1.67. The maximum absolute atomic E-state index is 12.3. The minimum absolute atomic E-state index is 0.0701. The number of methoxy groups -OCH3 is 1. The lowest BCUT2D eigenvalue weighted by Gasteiger charge is -2.26. The van der Waals surface area contributed by atoms with Crippen LogP contribution in [0.4, 0.5) is 5.69 Å². The number of benzene rings is 2. The van der Waals surface area contributed by atoms with E-state index >= 15 is 0 Å². The number of hydrogen-bond acceptors (Lipinski definition) is 5. The van der Waals surface area contributed by atoms with Gasteiger partial charge in [-0.1, -0.05) is 0 Å². The second-order valence-corrected chi connectivity index (χ2v) is 8.55. The maximum atomic E-state index is 12.3. The van der Waals surface area contributed by atoms with Gasteiger partial charge in [0.05, 0.1) is 31.5 Å². The van der Waals surface area contributed by atoms with Gasteiger partial charge in [0.2, 0.25) is 5.91 Å². The van der Waals surface area contributed by atoms with Crippen LogP contribution in [0.15, 0.2) is 36.7 Å². The molecule has 0 bridgehead atoms. The number of H-pyrrole nitrogens is 1. The van der Waals surface area contributed by atoms with Crippen LogP contribution >= 0.6 is 0 Å². The fraction of sp³-hybridized carbons (Fsp3) is 0.320. The molecule has 1 saturated carbocycles. The predicted molar refractivity (Wildman–Crippen MR) is 127 cm³/mol. The fourth-order valence-electron chi connectivity index (χ4n) is 4.43. The zero-order valence-corrected chi connectivity index (χ0v) is 18.7. The SMILES string of the molecule is COc1cc(C)c2[nH]ccc2c1Cn1cc2ccc(C#N)c(NCC(=O)NC3CCC3)c2n1. The van der Waals surface area contributed by atoms with Gasteiger partial charge in [0.1, 0.15) is 17.3 Å². The number of aryl methyl sites for hydroxylation is 1. The molecule has 0 saturated heterocycles. The number of hydrogen-bond donors (Lipinski definition) is 3. The number of amides is 1. The van der Waals surface area contributed by atoms with Gasteiger partial charge < -0.3 is 20.4 Å². The molecule has 33 heavy (non-hydrogen) atoms. The molecule has 3 N–H and O–H groups in total. The highest BCUT2D eigenvalue weighted by atomic mass is 16.5. The smallest absolute Gasteiger partial charge is 0.239 e. The second kappa shape index (κ2) is 8.51. The highest BCUT2D eigenvalue weighted by Crippen LogP contribution is 2.32. The largest absolute Gasteiger partial charge is 0.496 e. The minimum Gasteiger partial charge on any atom is -0.496 e. The Hall–Kier alpha value is -3.99. The number of nitrogens with one attached hydrogen (secondary N) is 3. The van der Waals surface area contributed by atoms with Crippen LogP contribution in [0.3, 0.4) is 0 Å². The Morgan fingerprint density at radius 3 is 2.94 bits per heavy atom. The van der Waals surface area contributed by atoms with Crippen LogP contribution < -0.4 is 15.4 Å². The lowest BCUT2D eigenvalue weighted by atomic mass is 9.93. The van der Waals surface area contributed by atoms with Crippen LogP contribution in [-0.4, -0.2) is 40.4 Å². The van der Waals surface area contributed by atoms with Gasteiger partial charge in [-0.2, -0.15) is 10.4 Å². The molecule has 1 amide bonds. The molecule has 0 radical (unpaired) electrons. The van der Waals surface area contributed by atoms with E-state index in [-0.39, 0.29) is 18.5 Å². The Kier molecular flexibility index (Phi) is 5.38. The van der Waals surface area contributed by atoms with Gasteiger partial charge in [0, 0.05) is 40.3 Å². The summed E-state index contributed by atoms with van der Waals surface area (Å²) in [5.74, 6) is 0.738. The number of anilines is 1. The summed E-state index contributed by atoms with van der Waals surface area (Å²) >= 11 is 0. The summed E-state index contributed by atoms with van der Waals surface area (Å²) < 4.78 is 7.52. The van der Waals surface area contributed by atoms with E-state index in [0.717, 1.165) is 52.4 Å². The summed E-state index contributed by atoms with van der Waals surface area (Å²) in [5.41, 5.74) is 4.94. The molecule has 2 aromatic heterocycles. The molecule has 0 aliphatic heterocycles. The second-order valence-electron chi connectivity index (χ2n) is 8.55. The molecule has 1 aliphatic carbocycles. The molecule has 4 aromatic rings. The van der Waals surface area contributed by atoms with Crippen LogP contribution in [0.1, 0.15) is 36.0 Å². The number of aromatic amines is 1. The van der Waals surface area contributed by atoms with Crippen molar-refractivity contribution >= 4 is 33.4 Å². The Balaban J connectivity index is 1.46. The number of carbonyl (C=O) groups is 1. The van der Waals surface area contributed by atoms with Crippen LogP contribution in [0.5, 0.6) is 5.75 Å². The van der Waals surface area contributed by atoms with Crippen molar-refractivity contribution in [1.29, 1.82) is 5.26 Å². The monoisotopic (exact) mass is 442 g/mol. The summed E-state index contributed by atoms with van der Waals surface area (Å²) in [6, 6.07) is 10.2. The highest BCUT2D eigenvalue weighted by molar-refractivity contribution is 5.95. The third-order valence-corrected chi connectivity index (χ3v) is 6.39. The molecular weight excluding hydrogens is 416 g/mol. The van der Waals surface area contributed by atoms with Gasteiger partial charge in [-0.05, 0) is 56.0 Å². The average molecular weight is 443 g/mol. The van der Waals surface area contributed by atoms with E-state index in [9.17, 15) is 10.1 Å². The predicted octanol–water partition coefficient (Wildman–Crippen LogP) is 3.84. The molecule has 1 aliphatic rings. The zero-order valence-electron chi connectivity index (χ0n) is 18.7. The first-order valence-corrected chi connectivity index (χ1v) is 11.1. The average Bonchev–Trinajstić information content (AvgIpc) is 3.43. The van der Waals surface area contributed by atoms with Crippen LogP contribution in [0, 0.1) is 18.3 Å². The molecule has 5 rings (SSSR count). The molecule has 0 unspecified atom stereocenters. The van der Waals surface area contributed by atoms with Crippen LogP contribution in [-0.2, 0) is 11.3 Å². The van der Waals surface area contributed by atoms with Gasteiger partial charge in [-0.15, -0.1) is 0 Å². The molecule has 2 aromatic carbocycles. The van der Waals surface area contributed by atoms with Gasteiger partial charge in [-0.25, -0.2) is 0 Å². The standard InChI is InChI=1S/C25H26N6O2/c1-15-10-21(33-2)20(19-8-9-27-23(15)19)14-31-13-17-7-6-16(11-26)24(25(17)30-31)28-12-22(32)29-18-4-3-5-18/h6-10,13,18,27-28H,3-5,12,14H2,1-2H3,(H,29,32). The van der Waals surface area contributed by atoms with E-state index in [4.69, 9.17) is 9.84 Å². The van der Waals surface area contributed by atoms with Gasteiger partial charge >= 0.3 is 0 Å². The fourth-order valence-corrected chi connectivity index (χ4v) is 4.43. The summed E-state index contributed by atoms with van der Waals surface area (Å²) in [6.45, 7) is 2.67. The first-order chi connectivity index (χ1) is 16.1. The number of fused-ring (bicyclic) bond motifs is 2. The number of carbonyl (C=O) groups excluding carboxylic acids is 1. The minimum atomic E-state index is -0.0701. The molecule has 8 nitrogen and oxygen atoms in total. The normalized spacial score (nSPS) is 13.6. The molecule has 2 heterocycles.